The van der Waals surface area contributed by atoms with Crippen LogP contribution in [0.4, 0.5) is 0 Å². The topological polar surface area (TPSA) is 75.7 Å². The van der Waals surface area contributed by atoms with E-state index in [0.717, 1.165) is 5.56 Å². The van der Waals surface area contributed by atoms with Gasteiger partial charge >= 0.3 is 0 Å². The van der Waals surface area contributed by atoms with E-state index in [1.54, 1.807) is 0 Å². The third kappa shape index (κ3) is 4.87. The number of hydrogen-bond donors (Lipinski definition) is 1. The van der Waals surface area contributed by atoms with E-state index < -0.39 is 10.0 Å². The molecule has 0 aliphatic heterocycles. The number of amides is 1. The summed E-state index contributed by atoms with van der Waals surface area (Å²) in [5.41, 5.74) is 1.17. The van der Waals surface area contributed by atoms with Crippen LogP contribution in [0.3, 0.4) is 0 Å². The summed E-state index contributed by atoms with van der Waals surface area (Å²) in [5.74, 6) is -0.239. The Bertz CT molecular complexity index is 901. The van der Waals surface area contributed by atoms with Gasteiger partial charge in [-0.15, -0.1) is 0 Å². The molecule has 6 nitrogen and oxygen atoms in total. The lowest BCUT2D eigenvalue weighted by Crippen LogP contribution is -2.32. The quantitative estimate of drug-likeness (QED) is 0.707. The second kappa shape index (κ2) is 8.84. The Labute approximate surface area is 165 Å². The molecule has 0 aromatic heterocycles. The largest absolute Gasteiger partial charge is 0.345 e. The number of carbonyl (C=O) groups is 1. The van der Waals surface area contributed by atoms with Gasteiger partial charge in [0.25, 0.3) is 15.9 Å². The van der Waals surface area contributed by atoms with E-state index in [1.165, 1.54) is 32.4 Å². The smallest absolute Gasteiger partial charge is 0.266 e. The summed E-state index contributed by atoms with van der Waals surface area (Å²) in [6.45, 7) is 4.01. The van der Waals surface area contributed by atoms with E-state index in [4.69, 9.17) is 16.4 Å². The normalized spacial score (nSPS) is 13.0. The molecule has 0 aliphatic carbocycles. The zero-order valence-corrected chi connectivity index (χ0v) is 17.2. The molecule has 0 bridgehead atoms. The first-order valence-corrected chi connectivity index (χ1v) is 10.2. The van der Waals surface area contributed by atoms with Crippen molar-refractivity contribution < 1.29 is 18.0 Å². The molecule has 1 N–H and O–H groups in total. The fraction of sp³-hybridized carbons (Fsp3) is 0.316. The summed E-state index contributed by atoms with van der Waals surface area (Å²) in [6, 6.07) is 13.5. The van der Waals surface area contributed by atoms with Crippen molar-refractivity contribution in [2.75, 3.05) is 14.2 Å². The molecule has 0 saturated carbocycles. The standard InChI is InChI=1S/C19H23ClN2O4S/c1-13(2)18(14-8-6-5-7-9-14)21-19(23)15-10-11-16(20)17(12-15)27(24,25)22(3)26-4/h5-13,18H,1-4H3,(H,21,23). The number of nitrogens with one attached hydrogen (secondary N) is 1. The highest BCUT2D eigenvalue weighted by molar-refractivity contribution is 7.89. The second-order valence-corrected chi connectivity index (χ2v) is 8.66. The van der Waals surface area contributed by atoms with Gasteiger partial charge in [0.05, 0.1) is 18.2 Å². The maximum atomic E-state index is 12.8. The third-order valence-electron chi connectivity index (χ3n) is 4.18. The molecule has 0 radical (unpaired) electrons. The monoisotopic (exact) mass is 410 g/mol. The first kappa shape index (κ1) is 21.4. The molecule has 8 heteroatoms. The Morgan fingerprint density at radius 1 is 1.15 bits per heavy atom. The zero-order valence-electron chi connectivity index (χ0n) is 15.6. The average Bonchev–Trinajstić information content (AvgIpc) is 2.65. The highest BCUT2D eigenvalue weighted by atomic mass is 35.5. The van der Waals surface area contributed by atoms with Crippen molar-refractivity contribution in [3.05, 3.63) is 64.7 Å². The molecule has 2 rings (SSSR count). The first-order chi connectivity index (χ1) is 12.7. The Hall–Kier alpha value is -1.93. The molecule has 0 spiro atoms. The van der Waals surface area contributed by atoms with Crippen molar-refractivity contribution in [1.29, 1.82) is 0 Å². The molecule has 0 aliphatic rings. The van der Waals surface area contributed by atoms with Crippen LogP contribution < -0.4 is 5.32 Å². The first-order valence-electron chi connectivity index (χ1n) is 8.37. The number of hydroxylamine groups is 1. The van der Waals surface area contributed by atoms with Gasteiger partial charge in [-0.3, -0.25) is 9.63 Å². The van der Waals surface area contributed by atoms with Gasteiger partial charge in [0, 0.05) is 12.6 Å². The zero-order chi connectivity index (χ0) is 20.2. The maximum Gasteiger partial charge on any atom is 0.266 e. The summed E-state index contributed by atoms with van der Waals surface area (Å²) in [7, 11) is -1.49. The number of benzene rings is 2. The lowest BCUT2D eigenvalue weighted by atomic mass is 9.95. The Kier molecular flexibility index (Phi) is 7.00. The Morgan fingerprint density at radius 3 is 2.33 bits per heavy atom. The summed E-state index contributed by atoms with van der Waals surface area (Å²) < 4.78 is 25.7. The Morgan fingerprint density at radius 2 is 1.78 bits per heavy atom. The van der Waals surface area contributed by atoms with Crippen molar-refractivity contribution >= 4 is 27.5 Å². The molecule has 0 fully saturated rings. The molecule has 27 heavy (non-hydrogen) atoms. The molecular formula is C19H23ClN2O4S. The van der Waals surface area contributed by atoms with Gasteiger partial charge in [-0.1, -0.05) is 60.2 Å². The SMILES string of the molecule is CON(C)S(=O)(=O)c1cc(C(=O)NC(c2ccccc2)C(C)C)ccc1Cl. The van der Waals surface area contributed by atoms with Gasteiger partial charge in [-0.25, -0.2) is 8.42 Å². The minimum atomic E-state index is -3.97. The molecule has 1 atom stereocenters. The van der Waals surface area contributed by atoms with Crippen LogP contribution in [0.25, 0.3) is 0 Å². The van der Waals surface area contributed by atoms with E-state index in [2.05, 4.69) is 5.32 Å². The van der Waals surface area contributed by atoms with Gasteiger partial charge in [-0.2, -0.15) is 0 Å². The fourth-order valence-corrected chi connectivity index (χ4v) is 4.07. The highest BCUT2D eigenvalue weighted by Crippen LogP contribution is 2.27. The Balaban J connectivity index is 2.35. The lowest BCUT2D eigenvalue weighted by Gasteiger charge is -2.23. The molecule has 1 unspecified atom stereocenters. The lowest BCUT2D eigenvalue weighted by molar-refractivity contribution is -0.0258. The van der Waals surface area contributed by atoms with Crippen molar-refractivity contribution in [3.8, 4) is 0 Å². The van der Waals surface area contributed by atoms with Crippen LogP contribution in [0.2, 0.25) is 5.02 Å². The molecule has 1 amide bonds. The summed E-state index contributed by atoms with van der Waals surface area (Å²) in [6.07, 6.45) is 0. The highest BCUT2D eigenvalue weighted by Gasteiger charge is 2.26. The minimum absolute atomic E-state index is 0.0129. The molecule has 2 aromatic rings. The summed E-state index contributed by atoms with van der Waals surface area (Å²) in [5, 5.41) is 2.98. The van der Waals surface area contributed by atoms with Crippen molar-refractivity contribution in [2.24, 2.45) is 5.92 Å². The van der Waals surface area contributed by atoms with E-state index >= 15 is 0 Å². The van der Waals surface area contributed by atoms with E-state index in [-0.39, 0.29) is 33.3 Å². The number of halogens is 1. The van der Waals surface area contributed by atoms with E-state index in [0.29, 0.717) is 4.47 Å². The van der Waals surface area contributed by atoms with Crippen molar-refractivity contribution in [1.82, 2.24) is 9.79 Å². The predicted molar refractivity (Wildman–Crippen MR) is 105 cm³/mol. The van der Waals surface area contributed by atoms with Gasteiger partial charge in [0.1, 0.15) is 4.90 Å². The number of sulfonamides is 1. The summed E-state index contributed by atoms with van der Waals surface area (Å²) in [4.78, 5) is 17.3. The molecule has 2 aromatic carbocycles. The second-order valence-electron chi connectivity index (χ2n) is 6.35. The fourth-order valence-electron chi connectivity index (χ4n) is 2.60. The van der Waals surface area contributed by atoms with Crippen LogP contribution in [0.1, 0.15) is 35.8 Å². The number of rotatable bonds is 7. The average molecular weight is 411 g/mol. The van der Waals surface area contributed by atoms with Crippen molar-refractivity contribution in [3.63, 3.8) is 0 Å². The van der Waals surface area contributed by atoms with Crippen LogP contribution in [-0.4, -0.2) is 33.0 Å². The van der Waals surface area contributed by atoms with Gasteiger partial charge in [0.2, 0.25) is 0 Å². The van der Waals surface area contributed by atoms with Crippen LogP contribution in [0.15, 0.2) is 53.4 Å². The van der Waals surface area contributed by atoms with E-state index in [9.17, 15) is 13.2 Å². The minimum Gasteiger partial charge on any atom is -0.345 e. The van der Waals surface area contributed by atoms with Crippen molar-refractivity contribution in [2.45, 2.75) is 24.8 Å². The molecule has 0 saturated heterocycles. The third-order valence-corrected chi connectivity index (χ3v) is 6.34. The van der Waals surface area contributed by atoms with Gasteiger partial charge < -0.3 is 5.32 Å². The van der Waals surface area contributed by atoms with Crippen LogP contribution in [0.5, 0.6) is 0 Å². The van der Waals surface area contributed by atoms with Crippen LogP contribution in [0, 0.1) is 5.92 Å². The maximum absolute atomic E-state index is 12.8. The summed E-state index contributed by atoms with van der Waals surface area (Å²) >= 11 is 6.05. The van der Waals surface area contributed by atoms with Crippen LogP contribution >= 0.6 is 11.6 Å². The number of carbonyl (C=O) groups excluding carboxylic acids is 1. The molecular weight excluding hydrogens is 388 g/mol. The van der Waals surface area contributed by atoms with Gasteiger partial charge in [-0.05, 0) is 29.7 Å². The van der Waals surface area contributed by atoms with E-state index in [1.807, 2.05) is 44.2 Å². The molecule has 146 valence electrons. The number of hydrogen-bond acceptors (Lipinski definition) is 4. The van der Waals surface area contributed by atoms with Gasteiger partial charge in [0.15, 0.2) is 0 Å². The number of nitrogens with zero attached hydrogens (tertiary/aromatic N) is 1. The molecule has 0 heterocycles. The van der Waals surface area contributed by atoms with Crippen LogP contribution in [-0.2, 0) is 14.9 Å². The predicted octanol–water partition coefficient (Wildman–Crippen LogP) is 3.65.